The topological polar surface area (TPSA) is 26.0 Å². The standard InChI is InChI=1S/C11H15N/c12-11-3-7-5-1-4-6(10(5)11)2-8(11)9(4)7/h4-10H,1-3,12H2. The van der Waals surface area contributed by atoms with Crippen LogP contribution in [0.2, 0.25) is 0 Å². The maximum atomic E-state index is 6.59. The third kappa shape index (κ3) is 0.285. The van der Waals surface area contributed by atoms with Gasteiger partial charge in [0.25, 0.3) is 0 Å². The van der Waals surface area contributed by atoms with Gasteiger partial charge in [0.2, 0.25) is 0 Å². The van der Waals surface area contributed by atoms with Gasteiger partial charge in [-0.2, -0.15) is 0 Å². The molecule has 1 heteroatoms. The molecule has 6 aliphatic carbocycles. The Morgan fingerprint density at radius 2 is 1.83 bits per heavy atom. The third-order valence-electron chi connectivity index (χ3n) is 6.45. The van der Waals surface area contributed by atoms with Crippen molar-refractivity contribution in [1.82, 2.24) is 0 Å². The molecule has 6 aliphatic rings. The second-order valence-electron chi connectivity index (χ2n) is 6.15. The summed E-state index contributed by atoms with van der Waals surface area (Å²) in [6.07, 6.45) is 4.54. The lowest BCUT2D eigenvalue weighted by atomic mass is 9.68. The molecule has 6 rings (SSSR count). The van der Waals surface area contributed by atoms with Crippen molar-refractivity contribution in [3.05, 3.63) is 0 Å². The van der Waals surface area contributed by atoms with E-state index in [4.69, 9.17) is 5.73 Å². The lowest BCUT2D eigenvalue weighted by molar-refractivity contribution is 0.111. The monoisotopic (exact) mass is 161 g/mol. The molecule has 0 aromatic rings. The van der Waals surface area contributed by atoms with E-state index in [1.54, 1.807) is 6.42 Å². The summed E-state index contributed by atoms with van der Waals surface area (Å²) in [6, 6.07) is 0. The summed E-state index contributed by atoms with van der Waals surface area (Å²) in [4.78, 5) is 0. The van der Waals surface area contributed by atoms with E-state index in [1.165, 1.54) is 12.8 Å². The first-order chi connectivity index (χ1) is 5.81. The van der Waals surface area contributed by atoms with Crippen LogP contribution < -0.4 is 5.73 Å². The summed E-state index contributed by atoms with van der Waals surface area (Å²) in [5.74, 6) is 7.59. The Morgan fingerprint density at radius 1 is 1.00 bits per heavy atom. The minimum atomic E-state index is 0.373. The maximum absolute atomic E-state index is 6.59. The molecule has 6 fully saturated rings. The Balaban J connectivity index is 1.93. The van der Waals surface area contributed by atoms with Gasteiger partial charge in [-0.25, -0.2) is 0 Å². The summed E-state index contributed by atoms with van der Waals surface area (Å²) in [6.45, 7) is 0. The first kappa shape index (κ1) is 5.64. The lowest BCUT2D eigenvalue weighted by Crippen LogP contribution is -2.50. The summed E-state index contributed by atoms with van der Waals surface area (Å²) in [5.41, 5.74) is 6.96. The van der Waals surface area contributed by atoms with Crippen LogP contribution in [-0.2, 0) is 0 Å². The molecule has 0 radical (unpaired) electrons. The van der Waals surface area contributed by atoms with E-state index in [9.17, 15) is 0 Å². The molecular formula is C11H15N. The second kappa shape index (κ2) is 1.21. The van der Waals surface area contributed by atoms with Gasteiger partial charge in [-0.05, 0) is 60.7 Å². The van der Waals surface area contributed by atoms with Crippen LogP contribution in [0.5, 0.6) is 0 Å². The van der Waals surface area contributed by atoms with Crippen molar-refractivity contribution >= 4 is 0 Å². The van der Waals surface area contributed by atoms with Gasteiger partial charge in [0, 0.05) is 5.54 Å². The van der Waals surface area contributed by atoms with Crippen molar-refractivity contribution < 1.29 is 0 Å². The molecule has 0 aromatic carbocycles. The maximum Gasteiger partial charge on any atom is 0.0222 e. The van der Waals surface area contributed by atoms with Gasteiger partial charge in [0.15, 0.2) is 0 Å². The summed E-state index contributed by atoms with van der Waals surface area (Å²) in [5, 5.41) is 0. The van der Waals surface area contributed by atoms with Gasteiger partial charge < -0.3 is 5.73 Å². The molecule has 0 aromatic heterocycles. The highest BCUT2D eigenvalue weighted by Gasteiger charge is 2.81. The van der Waals surface area contributed by atoms with Gasteiger partial charge in [-0.1, -0.05) is 0 Å². The molecule has 0 aliphatic heterocycles. The number of hydrogen-bond acceptors (Lipinski definition) is 1. The summed E-state index contributed by atoms with van der Waals surface area (Å²) >= 11 is 0. The smallest absolute Gasteiger partial charge is 0.0222 e. The van der Waals surface area contributed by atoms with E-state index in [0.29, 0.717) is 5.54 Å². The average Bonchev–Trinajstić information content (AvgIpc) is 2.55. The van der Waals surface area contributed by atoms with E-state index < -0.39 is 0 Å². The zero-order valence-electron chi connectivity index (χ0n) is 7.24. The highest BCUT2D eigenvalue weighted by atomic mass is 15.0. The van der Waals surface area contributed by atoms with Crippen molar-refractivity contribution in [2.75, 3.05) is 0 Å². The van der Waals surface area contributed by atoms with Crippen LogP contribution in [0, 0.1) is 41.4 Å². The normalized spacial score (nSPS) is 85.2. The molecule has 64 valence electrons. The molecule has 2 N–H and O–H groups in total. The van der Waals surface area contributed by atoms with E-state index in [2.05, 4.69) is 0 Å². The molecule has 8 atom stereocenters. The van der Waals surface area contributed by atoms with Crippen molar-refractivity contribution in [2.45, 2.75) is 24.8 Å². The van der Waals surface area contributed by atoms with Crippen LogP contribution >= 0.6 is 0 Å². The first-order valence-electron chi connectivity index (χ1n) is 5.59. The van der Waals surface area contributed by atoms with Crippen molar-refractivity contribution in [3.8, 4) is 0 Å². The van der Waals surface area contributed by atoms with E-state index >= 15 is 0 Å². The Labute approximate surface area is 72.7 Å². The molecule has 6 bridgehead atoms. The predicted octanol–water partition coefficient (Wildman–Crippen LogP) is 1.24. The number of nitrogens with two attached hydrogens (primary N) is 1. The van der Waals surface area contributed by atoms with E-state index in [-0.39, 0.29) is 0 Å². The van der Waals surface area contributed by atoms with Crippen LogP contribution in [-0.4, -0.2) is 5.54 Å². The molecule has 12 heavy (non-hydrogen) atoms. The fraction of sp³-hybridized carbons (Fsp3) is 1.00. The Hall–Kier alpha value is -0.0400. The fourth-order valence-electron chi connectivity index (χ4n) is 6.68. The molecular weight excluding hydrogens is 146 g/mol. The number of hydrogen-bond donors (Lipinski definition) is 1. The molecule has 0 amide bonds. The third-order valence-corrected chi connectivity index (χ3v) is 6.45. The van der Waals surface area contributed by atoms with Gasteiger partial charge in [-0.15, -0.1) is 0 Å². The summed E-state index contributed by atoms with van der Waals surface area (Å²) < 4.78 is 0. The molecule has 0 spiro atoms. The first-order valence-corrected chi connectivity index (χ1v) is 5.59. The Morgan fingerprint density at radius 3 is 2.67 bits per heavy atom. The predicted molar refractivity (Wildman–Crippen MR) is 45.2 cm³/mol. The molecule has 8 unspecified atom stereocenters. The van der Waals surface area contributed by atoms with Gasteiger partial charge in [0.1, 0.15) is 0 Å². The Bertz CT molecular complexity index is 297. The molecule has 1 nitrogen and oxygen atoms in total. The van der Waals surface area contributed by atoms with Gasteiger partial charge >= 0.3 is 0 Å². The van der Waals surface area contributed by atoms with Crippen molar-refractivity contribution in [1.29, 1.82) is 0 Å². The molecule has 0 heterocycles. The lowest BCUT2D eigenvalue weighted by Gasteiger charge is -2.40. The van der Waals surface area contributed by atoms with E-state index in [0.717, 1.165) is 41.4 Å². The fourth-order valence-corrected chi connectivity index (χ4v) is 6.68. The summed E-state index contributed by atoms with van der Waals surface area (Å²) in [7, 11) is 0. The highest BCUT2D eigenvalue weighted by molar-refractivity contribution is 5.33. The zero-order chi connectivity index (χ0) is 7.66. The highest BCUT2D eigenvalue weighted by Crippen LogP contribution is 2.83. The van der Waals surface area contributed by atoms with Crippen LogP contribution in [0.4, 0.5) is 0 Å². The molecule has 6 saturated carbocycles. The van der Waals surface area contributed by atoms with Crippen LogP contribution in [0.25, 0.3) is 0 Å². The largest absolute Gasteiger partial charge is 0.325 e. The quantitative estimate of drug-likeness (QED) is 0.568. The minimum absolute atomic E-state index is 0.373. The Kier molecular flexibility index (Phi) is 0.569. The average molecular weight is 161 g/mol. The number of rotatable bonds is 0. The SMILES string of the molecule is NC12CC3C4CC5C(CC1C35)C42. The van der Waals surface area contributed by atoms with E-state index in [1.807, 2.05) is 0 Å². The second-order valence-corrected chi connectivity index (χ2v) is 6.15. The molecule has 0 saturated heterocycles. The van der Waals surface area contributed by atoms with Crippen molar-refractivity contribution in [3.63, 3.8) is 0 Å². The van der Waals surface area contributed by atoms with Crippen molar-refractivity contribution in [2.24, 2.45) is 47.2 Å². The van der Waals surface area contributed by atoms with Gasteiger partial charge in [-0.3, -0.25) is 0 Å². The van der Waals surface area contributed by atoms with Gasteiger partial charge in [0.05, 0.1) is 0 Å². The minimum Gasteiger partial charge on any atom is -0.325 e. The van der Waals surface area contributed by atoms with Crippen LogP contribution in [0.1, 0.15) is 19.3 Å². The van der Waals surface area contributed by atoms with Crippen LogP contribution in [0.3, 0.4) is 0 Å². The van der Waals surface area contributed by atoms with Crippen LogP contribution in [0.15, 0.2) is 0 Å². The zero-order valence-corrected chi connectivity index (χ0v) is 7.24.